The van der Waals surface area contributed by atoms with E-state index in [1.165, 1.54) is 30.9 Å². The highest BCUT2D eigenvalue weighted by Gasteiger charge is 2.00. The molecule has 0 spiro atoms. The molecule has 0 bridgehead atoms. The molecule has 0 saturated heterocycles. The number of rotatable bonds is 8. The minimum Gasteiger partial charge on any atom is -0.316 e. The van der Waals surface area contributed by atoms with Crippen molar-refractivity contribution in [2.24, 2.45) is 5.92 Å². The number of aryl methyl sites for hydroxylation is 1. The predicted molar refractivity (Wildman–Crippen MR) is 79.4 cm³/mol. The number of halogens is 2. The molecule has 0 unspecified atom stereocenters. The highest BCUT2D eigenvalue weighted by molar-refractivity contribution is 9.10. The topological polar surface area (TPSA) is 12.0 Å². The van der Waals surface area contributed by atoms with Crippen LogP contribution in [0.3, 0.4) is 0 Å². The van der Waals surface area contributed by atoms with Gasteiger partial charge in [0.1, 0.15) is 5.82 Å². The molecule has 1 N–H and O–H groups in total. The molecule has 18 heavy (non-hydrogen) atoms. The lowest BCUT2D eigenvalue weighted by molar-refractivity contribution is 0.530. The minimum atomic E-state index is -0.184. The third-order valence-electron chi connectivity index (χ3n) is 2.86. The Labute approximate surface area is 118 Å². The van der Waals surface area contributed by atoms with E-state index in [9.17, 15) is 4.39 Å². The number of hydrogen-bond donors (Lipinski definition) is 1. The maximum absolute atomic E-state index is 13.0. The maximum Gasteiger partial charge on any atom is 0.137 e. The van der Waals surface area contributed by atoms with Gasteiger partial charge in [-0.3, -0.25) is 0 Å². The van der Waals surface area contributed by atoms with Crippen LogP contribution in [0, 0.1) is 11.7 Å². The predicted octanol–water partition coefficient (Wildman–Crippen LogP) is 4.55. The van der Waals surface area contributed by atoms with Crippen molar-refractivity contribution in [3.63, 3.8) is 0 Å². The minimum absolute atomic E-state index is 0.184. The molecule has 0 aromatic heterocycles. The molecule has 0 aliphatic carbocycles. The van der Waals surface area contributed by atoms with Crippen LogP contribution in [-0.2, 0) is 6.42 Å². The molecular formula is C15H23BrFN. The van der Waals surface area contributed by atoms with Gasteiger partial charge in [-0.05, 0) is 71.9 Å². The zero-order chi connectivity index (χ0) is 13.4. The van der Waals surface area contributed by atoms with Crippen LogP contribution in [0.4, 0.5) is 4.39 Å². The molecule has 0 heterocycles. The van der Waals surface area contributed by atoms with Crippen LogP contribution >= 0.6 is 15.9 Å². The number of unbranched alkanes of at least 4 members (excludes halogenated alkanes) is 2. The smallest absolute Gasteiger partial charge is 0.137 e. The summed E-state index contributed by atoms with van der Waals surface area (Å²) in [5, 5.41) is 3.44. The summed E-state index contributed by atoms with van der Waals surface area (Å²) < 4.78 is 13.6. The Morgan fingerprint density at radius 3 is 2.67 bits per heavy atom. The quantitative estimate of drug-likeness (QED) is 0.694. The molecule has 102 valence electrons. The number of nitrogens with one attached hydrogen (secondary N) is 1. The van der Waals surface area contributed by atoms with Crippen molar-refractivity contribution in [2.45, 2.75) is 39.5 Å². The summed E-state index contributed by atoms with van der Waals surface area (Å²) in [4.78, 5) is 0. The second-order valence-electron chi connectivity index (χ2n) is 5.16. The zero-order valence-corrected chi connectivity index (χ0v) is 12.9. The summed E-state index contributed by atoms with van der Waals surface area (Å²) in [6, 6.07) is 5.28. The lowest BCUT2D eigenvalue weighted by Gasteiger charge is -2.07. The second kappa shape index (κ2) is 8.65. The monoisotopic (exact) mass is 315 g/mol. The van der Waals surface area contributed by atoms with Crippen LogP contribution in [0.5, 0.6) is 0 Å². The summed E-state index contributed by atoms with van der Waals surface area (Å²) in [6.45, 7) is 6.65. The summed E-state index contributed by atoms with van der Waals surface area (Å²) in [5.41, 5.74) is 1.21. The molecule has 0 fully saturated rings. The van der Waals surface area contributed by atoms with E-state index in [1.54, 1.807) is 0 Å². The van der Waals surface area contributed by atoms with E-state index < -0.39 is 0 Å². The molecule has 0 atom stereocenters. The average Bonchev–Trinajstić information content (AvgIpc) is 2.32. The van der Waals surface area contributed by atoms with Gasteiger partial charge in [0.05, 0.1) is 4.47 Å². The first-order chi connectivity index (χ1) is 8.59. The van der Waals surface area contributed by atoms with Gasteiger partial charge in [-0.2, -0.15) is 0 Å². The summed E-state index contributed by atoms with van der Waals surface area (Å²) >= 11 is 3.22. The Kier molecular flexibility index (Phi) is 7.52. The fourth-order valence-corrected chi connectivity index (χ4v) is 2.27. The van der Waals surface area contributed by atoms with Crippen molar-refractivity contribution >= 4 is 15.9 Å². The highest BCUT2D eigenvalue weighted by atomic mass is 79.9. The standard InChI is InChI=1S/C15H23BrFN/c1-12(2)11-18-9-5-3-4-6-13-7-8-15(17)14(16)10-13/h7-8,10,12,18H,3-6,9,11H2,1-2H3. The Hall–Kier alpha value is -0.410. The zero-order valence-electron chi connectivity index (χ0n) is 11.3. The number of benzene rings is 1. The van der Waals surface area contributed by atoms with Gasteiger partial charge in [0.15, 0.2) is 0 Å². The van der Waals surface area contributed by atoms with Crippen LogP contribution < -0.4 is 5.32 Å². The van der Waals surface area contributed by atoms with E-state index in [0.29, 0.717) is 4.47 Å². The molecule has 0 aliphatic rings. The molecule has 1 aromatic rings. The van der Waals surface area contributed by atoms with Gasteiger partial charge in [0.2, 0.25) is 0 Å². The van der Waals surface area contributed by atoms with E-state index in [0.717, 1.165) is 25.4 Å². The van der Waals surface area contributed by atoms with Gasteiger partial charge in [0, 0.05) is 0 Å². The molecular weight excluding hydrogens is 293 g/mol. The van der Waals surface area contributed by atoms with Gasteiger partial charge in [-0.15, -0.1) is 0 Å². The third kappa shape index (κ3) is 6.50. The summed E-state index contributed by atoms with van der Waals surface area (Å²) in [7, 11) is 0. The van der Waals surface area contributed by atoms with Crippen LogP contribution in [-0.4, -0.2) is 13.1 Å². The molecule has 1 aromatic carbocycles. The van der Waals surface area contributed by atoms with Crippen molar-refractivity contribution in [1.82, 2.24) is 5.32 Å². The van der Waals surface area contributed by atoms with Crippen molar-refractivity contribution in [2.75, 3.05) is 13.1 Å². The van der Waals surface area contributed by atoms with Crippen LogP contribution in [0.15, 0.2) is 22.7 Å². The van der Waals surface area contributed by atoms with E-state index in [1.807, 2.05) is 12.1 Å². The van der Waals surface area contributed by atoms with Gasteiger partial charge in [-0.1, -0.05) is 26.3 Å². The number of hydrogen-bond acceptors (Lipinski definition) is 1. The molecule has 3 heteroatoms. The van der Waals surface area contributed by atoms with Gasteiger partial charge in [0.25, 0.3) is 0 Å². The molecule has 1 rings (SSSR count). The van der Waals surface area contributed by atoms with E-state index in [4.69, 9.17) is 0 Å². The van der Waals surface area contributed by atoms with Crippen molar-refractivity contribution < 1.29 is 4.39 Å². The largest absolute Gasteiger partial charge is 0.316 e. The molecule has 0 aliphatic heterocycles. The first-order valence-electron chi connectivity index (χ1n) is 6.74. The van der Waals surface area contributed by atoms with Gasteiger partial charge < -0.3 is 5.32 Å². The summed E-state index contributed by atoms with van der Waals surface area (Å²) in [5.74, 6) is 0.540. The first-order valence-corrected chi connectivity index (χ1v) is 7.53. The Bertz CT molecular complexity index is 352. The average molecular weight is 316 g/mol. The third-order valence-corrected chi connectivity index (χ3v) is 3.46. The molecule has 0 amide bonds. The van der Waals surface area contributed by atoms with Gasteiger partial charge in [-0.25, -0.2) is 4.39 Å². The van der Waals surface area contributed by atoms with Crippen LogP contribution in [0.2, 0.25) is 0 Å². The van der Waals surface area contributed by atoms with E-state index >= 15 is 0 Å². The van der Waals surface area contributed by atoms with Crippen molar-refractivity contribution in [3.05, 3.63) is 34.1 Å². The normalized spacial score (nSPS) is 11.2. The Morgan fingerprint density at radius 1 is 1.22 bits per heavy atom. The SMILES string of the molecule is CC(C)CNCCCCCc1ccc(F)c(Br)c1. The summed E-state index contributed by atoms with van der Waals surface area (Å²) in [6.07, 6.45) is 4.64. The molecule has 0 saturated carbocycles. The van der Waals surface area contributed by atoms with Crippen LogP contribution in [0.25, 0.3) is 0 Å². The molecule has 0 radical (unpaired) electrons. The Balaban J connectivity index is 2.09. The molecule has 1 nitrogen and oxygen atoms in total. The first kappa shape index (κ1) is 15.6. The van der Waals surface area contributed by atoms with E-state index in [2.05, 4.69) is 35.1 Å². The van der Waals surface area contributed by atoms with Crippen LogP contribution in [0.1, 0.15) is 38.7 Å². The fraction of sp³-hybridized carbons (Fsp3) is 0.600. The Morgan fingerprint density at radius 2 is 2.00 bits per heavy atom. The van der Waals surface area contributed by atoms with Gasteiger partial charge >= 0.3 is 0 Å². The van der Waals surface area contributed by atoms with Crippen molar-refractivity contribution in [1.29, 1.82) is 0 Å². The van der Waals surface area contributed by atoms with Crippen molar-refractivity contribution in [3.8, 4) is 0 Å². The lowest BCUT2D eigenvalue weighted by atomic mass is 10.1. The highest BCUT2D eigenvalue weighted by Crippen LogP contribution is 2.18. The fourth-order valence-electron chi connectivity index (χ4n) is 1.84. The second-order valence-corrected chi connectivity index (χ2v) is 6.01. The van der Waals surface area contributed by atoms with E-state index in [-0.39, 0.29) is 5.82 Å². The lowest BCUT2D eigenvalue weighted by Crippen LogP contribution is -2.20. The maximum atomic E-state index is 13.0.